The van der Waals surface area contributed by atoms with Crippen LogP contribution in [0.3, 0.4) is 0 Å². The second kappa shape index (κ2) is 6.53. The average molecular weight is 379 g/mol. The zero-order valence-corrected chi connectivity index (χ0v) is 14.2. The van der Waals surface area contributed by atoms with Gasteiger partial charge >= 0.3 is 0 Å². The van der Waals surface area contributed by atoms with E-state index >= 15 is 0 Å². The van der Waals surface area contributed by atoms with Gasteiger partial charge in [-0.15, -0.1) is 0 Å². The summed E-state index contributed by atoms with van der Waals surface area (Å²) in [6, 6.07) is 2.48. The molecule has 1 unspecified atom stereocenters. The quantitative estimate of drug-likeness (QED) is 0.739. The maximum Gasteiger partial charge on any atom is 0.262 e. The second-order valence-corrected chi connectivity index (χ2v) is 6.46. The number of alkyl halides is 2. The molecule has 10 heteroatoms. The van der Waals surface area contributed by atoms with Crippen LogP contribution in [-0.2, 0) is 9.59 Å². The second-order valence-electron chi connectivity index (χ2n) is 6.46. The summed E-state index contributed by atoms with van der Waals surface area (Å²) in [4.78, 5) is 61.1. The number of benzene rings is 1. The summed E-state index contributed by atoms with van der Waals surface area (Å²) in [7, 11) is 0. The van der Waals surface area contributed by atoms with Crippen molar-refractivity contribution in [2.24, 2.45) is 0 Å². The summed E-state index contributed by atoms with van der Waals surface area (Å²) in [6.07, 6.45) is -0.00222. The lowest BCUT2D eigenvalue weighted by Crippen LogP contribution is -2.54. The number of nitrogens with zero attached hydrogens (tertiary/aromatic N) is 1. The molecule has 1 saturated heterocycles. The highest BCUT2D eigenvalue weighted by molar-refractivity contribution is 6.24. The smallest absolute Gasteiger partial charge is 0.262 e. The molecule has 1 atom stereocenters. The fourth-order valence-electron chi connectivity index (χ4n) is 2.95. The summed E-state index contributed by atoms with van der Waals surface area (Å²) >= 11 is 0. The Balaban J connectivity index is 1.83. The van der Waals surface area contributed by atoms with Gasteiger partial charge in [0.05, 0.1) is 17.7 Å². The maximum atomic E-state index is 12.9. The zero-order valence-electron chi connectivity index (χ0n) is 14.2. The zero-order chi connectivity index (χ0) is 19.9. The van der Waals surface area contributed by atoms with Gasteiger partial charge in [-0.3, -0.25) is 34.2 Å². The first-order valence-electron chi connectivity index (χ1n) is 8.10. The molecular weight excluding hydrogens is 364 g/mol. The van der Waals surface area contributed by atoms with Crippen molar-refractivity contribution < 1.29 is 32.8 Å². The summed E-state index contributed by atoms with van der Waals surface area (Å²) in [5.41, 5.74) is -0.160. The predicted octanol–water partition coefficient (Wildman–Crippen LogP) is 0.473. The van der Waals surface area contributed by atoms with Gasteiger partial charge in [-0.05, 0) is 24.6 Å². The number of piperidine rings is 1. The van der Waals surface area contributed by atoms with E-state index in [2.05, 4.69) is 5.32 Å². The lowest BCUT2D eigenvalue weighted by Gasteiger charge is -2.27. The molecule has 8 nitrogen and oxygen atoms in total. The monoisotopic (exact) mass is 379 g/mol. The molecule has 27 heavy (non-hydrogen) atoms. The number of carbonyl (C=O) groups excluding carboxylic acids is 5. The molecule has 2 N–H and O–H groups in total. The number of nitrogens with one attached hydrogen (secondary N) is 2. The number of rotatable bonds is 4. The van der Waals surface area contributed by atoms with E-state index in [1.54, 1.807) is 0 Å². The van der Waals surface area contributed by atoms with Crippen LogP contribution in [0.4, 0.5) is 8.78 Å². The Bertz CT molecular complexity index is 878. The number of carbonyl (C=O) groups is 5. The van der Waals surface area contributed by atoms with Crippen LogP contribution in [0.25, 0.3) is 0 Å². The lowest BCUT2D eigenvalue weighted by molar-refractivity contribution is -0.136. The number of hydrogen-bond acceptors (Lipinski definition) is 5. The largest absolute Gasteiger partial charge is 0.346 e. The van der Waals surface area contributed by atoms with Crippen molar-refractivity contribution >= 4 is 29.5 Å². The summed E-state index contributed by atoms with van der Waals surface area (Å²) in [6.45, 7) is -0.228. The Morgan fingerprint density at radius 3 is 2.52 bits per heavy atom. The van der Waals surface area contributed by atoms with Crippen molar-refractivity contribution in [1.82, 2.24) is 15.5 Å². The predicted molar refractivity (Wildman–Crippen MR) is 86.1 cm³/mol. The van der Waals surface area contributed by atoms with Gasteiger partial charge < -0.3 is 5.32 Å². The van der Waals surface area contributed by atoms with Crippen molar-refractivity contribution in [2.45, 2.75) is 31.7 Å². The average Bonchev–Trinajstić information content (AvgIpc) is 2.83. The summed E-state index contributed by atoms with van der Waals surface area (Å²) in [5, 5.41) is 4.12. The fraction of sp³-hybridized carbons (Fsp3) is 0.353. The van der Waals surface area contributed by atoms with Gasteiger partial charge in [-0.25, -0.2) is 8.78 Å². The number of hydrogen-bond donors (Lipinski definition) is 2. The molecule has 0 spiro atoms. The third-order valence-electron chi connectivity index (χ3n) is 4.26. The molecule has 5 amide bonds. The van der Waals surface area contributed by atoms with Crippen LogP contribution < -0.4 is 10.6 Å². The van der Waals surface area contributed by atoms with Gasteiger partial charge in [0.25, 0.3) is 23.6 Å². The van der Waals surface area contributed by atoms with Crippen molar-refractivity contribution in [3.63, 3.8) is 0 Å². The van der Waals surface area contributed by atoms with Crippen LogP contribution in [0.1, 0.15) is 50.8 Å². The van der Waals surface area contributed by atoms with Crippen LogP contribution in [0.15, 0.2) is 18.2 Å². The first-order valence-corrected chi connectivity index (χ1v) is 8.10. The third kappa shape index (κ3) is 3.55. The van der Waals surface area contributed by atoms with Crippen molar-refractivity contribution in [3.8, 4) is 0 Å². The van der Waals surface area contributed by atoms with Gasteiger partial charge in [0, 0.05) is 18.9 Å². The van der Waals surface area contributed by atoms with E-state index in [0.717, 1.165) is 11.0 Å². The van der Waals surface area contributed by atoms with E-state index in [9.17, 15) is 32.8 Å². The van der Waals surface area contributed by atoms with E-state index in [-0.39, 0.29) is 29.5 Å². The van der Waals surface area contributed by atoms with E-state index in [4.69, 9.17) is 0 Å². The molecular formula is C17H15F2N3O5. The fourth-order valence-corrected chi connectivity index (χ4v) is 2.95. The first-order chi connectivity index (χ1) is 12.6. The number of fused-ring (bicyclic) bond motifs is 1. The first kappa shape index (κ1) is 18.6. The Morgan fingerprint density at radius 2 is 1.89 bits per heavy atom. The van der Waals surface area contributed by atoms with Crippen LogP contribution in [0.2, 0.25) is 0 Å². The van der Waals surface area contributed by atoms with Crippen molar-refractivity contribution in [1.29, 1.82) is 0 Å². The van der Waals surface area contributed by atoms with E-state index in [1.165, 1.54) is 12.1 Å². The molecule has 0 saturated carbocycles. The molecule has 2 aliphatic heterocycles. The van der Waals surface area contributed by atoms with Crippen LogP contribution >= 0.6 is 0 Å². The van der Waals surface area contributed by atoms with Gasteiger partial charge in [0.15, 0.2) is 0 Å². The third-order valence-corrected chi connectivity index (χ3v) is 4.26. The minimum atomic E-state index is -3.10. The number of amides is 5. The molecule has 2 heterocycles. The molecule has 1 fully saturated rings. The molecule has 0 bridgehead atoms. The Kier molecular flexibility index (Phi) is 4.50. The summed E-state index contributed by atoms with van der Waals surface area (Å²) < 4.78 is 25.7. The molecule has 0 aromatic heterocycles. The Labute approximate surface area is 151 Å². The van der Waals surface area contributed by atoms with Crippen molar-refractivity contribution in [2.75, 3.05) is 6.54 Å². The minimum Gasteiger partial charge on any atom is -0.346 e. The van der Waals surface area contributed by atoms with Gasteiger partial charge in [0.1, 0.15) is 6.04 Å². The molecule has 3 rings (SSSR count). The van der Waals surface area contributed by atoms with Gasteiger partial charge in [-0.2, -0.15) is 0 Å². The standard InChI is InChI=1S/C17H15F2N3O5/c1-17(18,19)7-20-13(24)8-2-3-9-10(6-8)16(27)22(15(9)26)11-4-5-12(23)21-14(11)25/h2-3,6,11H,4-5,7H2,1H3,(H,20,24)(H,21,23,25). The number of halogens is 2. The lowest BCUT2D eigenvalue weighted by atomic mass is 10.0. The SMILES string of the molecule is CC(F)(F)CNC(=O)c1ccc2c(c1)C(=O)N(C1CCC(=O)NC1=O)C2=O. The van der Waals surface area contributed by atoms with Gasteiger partial charge in [0.2, 0.25) is 11.8 Å². The molecule has 0 radical (unpaired) electrons. The topological polar surface area (TPSA) is 113 Å². The summed E-state index contributed by atoms with van der Waals surface area (Å²) in [5.74, 6) is -6.64. The minimum absolute atomic E-state index is 0.00192. The van der Waals surface area contributed by atoms with Gasteiger partial charge in [-0.1, -0.05) is 0 Å². The normalized spacial score (nSPS) is 19.8. The molecule has 142 valence electrons. The molecule has 1 aromatic rings. The van der Waals surface area contributed by atoms with Crippen LogP contribution in [-0.4, -0.2) is 52.9 Å². The molecule has 1 aromatic carbocycles. The van der Waals surface area contributed by atoms with E-state index in [1.807, 2.05) is 5.32 Å². The van der Waals surface area contributed by atoms with E-state index in [0.29, 0.717) is 6.92 Å². The van der Waals surface area contributed by atoms with E-state index < -0.39 is 48.0 Å². The molecule has 0 aliphatic carbocycles. The Morgan fingerprint density at radius 1 is 1.22 bits per heavy atom. The van der Waals surface area contributed by atoms with Crippen LogP contribution in [0.5, 0.6) is 0 Å². The Hall–Kier alpha value is -3.17. The highest BCUT2D eigenvalue weighted by Gasteiger charge is 2.44. The van der Waals surface area contributed by atoms with Crippen LogP contribution in [0, 0.1) is 0 Å². The number of imide groups is 2. The van der Waals surface area contributed by atoms with Crippen molar-refractivity contribution in [3.05, 3.63) is 34.9 Å². The highest BCUT2D eigenvalue weighted by Crippen LogP contribution is 2.28. The molecule has 2 aliphatic rings. The highest BCUT2D eigenvalue weighted by atomic mass is 19.3. The maximum absolute atomic E-state index is 12.9.